The van der Waals surface area contributed by atoms with Gasteiger partial charge >= 0.3 is 5.69 Å². The second kappa shape index (κ2) is 4.67. The van der Waals surface area contributed by atoms with Gasteiger partial charge in [-0.05, 0) is 6.07 Å². The first-order valence-electron chi connectivity index (χ1n) is 3.65. The molecule has 1 aromatic rings. The molecule has 8 heteroatoms. The molecule has 0 spiro atoms. The van der Waals surface area contributed by atoms with E-state index >= 15 is 0 Å². The van der Waals surface area contributed by atoms with Crippen LogP contribution in [0.4, 0.5) is 14.5 Å². The molecule has 1 heterocycles. The molecule has 0 N–H and O–H groups in total. The molecule has 0 aliphatic carbocycles. The Labute approximate surface area is 93.0 Å². The van der Waals surface area contributed by atoms with E-state index in [9.17, 15) is 18.9 Å². The fraction of sp³-hybridized carbons (Fsp3) is 0.286. The summed E-state index contributed by atoms with van der Waals surface area (Å²) in [5.74, 6) is -0.351. The van der Waals surface area contributed by atoms with Crippen molar-refractivity contribution in [3.63, 3.8) is 0 Å². The summed E-state index contributed by atoms with van der Waals surface area (Å²) in [4.78, 5) is 13.1. The molecule has 15 heavy (non-hydrogen) atoms. The largest absolute Gasteiger partial charge is 0.300 e. The highest BCUT2D eigenvalue weighted by atomic mass is 35.5. The molecule has 0 saturated heterocycles. The summed E-state index contributed by atoms with van der Waals surface area (Å²) in [5, 5.41) is 10.3. The van der Waals surface area contributed by atoms with Crippen molar-refractivity contribution in [3.8, 4) is 0 Å². The number of rotatable bonds is 3. The number of nitro groups is 1. The van der Waals surface area contributed by atoms with Gasteiger partial charge in [0.05, 0.1) is 10.8 Å². The molecular weight excluding hydrogens is 253 g/mol. The van der Waals surface area contributed by atoms with E-state index in [1.54, 1.807) is 0 Å². The Bertz CT molecular complexity index is 401. The Balaban J connectivity index is 3.47. The number of nitrogens with zero attached hydrogens (tertiary/aromatic N) is 2. The van der Waals surface area contributed by atoms with E-state index in [0.29, 0.717) is 0 Å². The Kier molecular flexibility index (Phi) is 3.76. The van der Waals surface area contributed by atoms with E-state index in [1.165, 1.54) is 0 Å². The second-order valence-electron chi connectivity index (χ2n) is 2.52. The summed E-state index contributed by atoms with van der Waals surface area (Å²) in [6.07, 6.45) is -2.99. The normalized spacial score (nSPS) is 10.7. The summed E-state index contributed by atoms with van der Waals surface area (Å²) < 4.78 is 24.9. The minimum atomic E-state index is -2.99. The predicted molar refractivity (Wildman–Crippen MR) is 50.4 cm³/mol. The van der Waals surface area contributed by atoms with Crippen molar-refractivity contribution in [1.82, 2.24) is 4.98 Å². The average Bonchev–Trinajstić information content (AvgIpc) is 2.15. The van der Waals surface area contributed by atoms with Crippen LogP contribution in [-0.4, -0.2) is 9.91 Å². The second-order valence-corrected chi connectivity index (χ2v) is 3.18. The molecule has 0 unspecified atom stereocenters. The Morgan fingerprint density at radius 1 is 1.60 bits per heavy atom. The molecule has 0 atom stereocenters. The highest BCUT2D eigenvalue weighted by Crippen LogP contribution is 2.33. The monoisotopic (exact) mass is 256 g/mol. The lowest BCUT2D eigenvalue weighted by molar-refractivity contribution is -0.387. The molecule has 0 saturated carbocycles. The zero-order valence-corrected chi connectivity index (χ0v) is 8.60. The minimum Gasteiger partial charge on any atom is -0.258 e. The molecule has 4 nitrogen and oxygen atoms in total. The molecule has 0 aromatic carbocycles. The number of aromatic nitrogens is 1. The van der Waals surface area contributed by atoms with Crippen LogP contribution in [0, 0.1) is 10.1 Å². The lowest BCUT2D eigenvalue weighted by Crippen LogP contribution is -2.02. The summed E-state index contributed by atoms with van der Waals surface area (Å²) >= 11 is 10.8. The van der Waals surface area contributed by atoms with Crippen LogP contribution in [0.3, 0.4) is 0 Å². The third-order valence-electron chi connectivity index (χ3n) is 1.61. The number of hydrogen-bond acceptors (Lipinski definition) is 3. The maximum Gasteiger partial charge on any atom is 0.300 e. The smallest absolute Gasteiger partial charge is 0.258 e. The molecule has 82 valence electrons. The van der Waals surface area contributed by atoms with Crippen molar-refractivity contribution in [3.05, 3.63) is 32.6 Å². The first-order valence-corrected chi connectivity index (χ1v) is 4.56. The van der Waals surface area contributed by atoms with Crippen molar-refractivity contribution in [2.45, 2.75) is 12.3 Å². The molecule has 0 aliphatic rings. The lowest BCUT2D eigenvalue weighted by atomic mass is 10.2. The van der Waals surface area contributed by atoms with E-state index in [2.05, 4.69) is 4.98 Å². The summed E-state index contributed by atoms with van der Waals surface area (Å²) in [5.41, 5.74) is -1.80. The van der Waals surface area contributed by atoms with Gasteiger partial charge in [0.1, 0.15) is 16.4 Å². The highest BCUT2D eigenvalue weighted by molar-refractivity contribution is 6.29. The van der Waals surface area contributed by atoms with Gasteiger partial charge in [-0.25, -0.2) is 13.8 Å². The zero-order chi connectivity index (χ0) is 11.6. The third-order valence-corrected chi connectivity index (χ3v) is 2.05. The van der Waals surface area contributed by atoms with Crippen molar-refractivity contribution < 1.29 is 13.7 Å². The van der Waals surface area contributed by atoms with Gasteiger partial charge in [0, 0.05) is 0 Å². The SMILES string of the molecule is O=[N+]([O-])c1c(C(F)F)cc(Cl)nc1CCl. The zero-order valence-electron chi connectivity index (χ0n) is 7.08. The van der Waals surface area contributed by atoms with E-state index in [1.807, 2.05) is 0 Å². The minimum absolute atomic E-state index is 0.244. The summed E-state index contributed by atoms with van der Waals surface area (Å²) in [6.45, 7) is 0. The summed E-state index contributed by atoms with van der Waals surface area (Å²) in [6, 6.07) is 0.764. The van der Waals surface area contributed by atoms with E-state index in [-0.39, 0.29) is 16.7 Å². The van der Waals surface area contributed by atoms with Gasteiger partial charge in [-0.2, -0.15) is 0 Å². The van der Waals surface area contributed by atoms with Gasteiger partial charge in [-0.15, -0.1) is 11.6 Å². The van der Waals surface area contributed by atoms with Crippen molar-refractivity contribution in [2.75, 3.05) is 0 Å². The van der Waals surface area contributed by atoms with Crippen LogP contribution in [0.1, 0.15) is 17.7 Å². The Morgan fingerprint density at radius 2 is 2.20 bits per heavy atom. The molecule has 0 fully saturated rings. The van der Waals surface area contributed by atoms with Crippen LogP contribution in [0.2, 0.25) is 5.15 Å². The van der Waals surface area contributed by atoms with E-state index in [4.69, 9.17) is 23.2 Å². The van der Waals surface area contributed by atoms with Crippen LogP contribution < -0.4 is 0 Å². The average molecular weight is 257 g/mol. The lowest BCUT2D eigenvalue weighted by Gasteiger charge is -2.05. The fourth-order valence-electron chi connectivity index (χ4n) is 1.05. The first-order chi connectivity index (χ1) is 6.97. The van der Waals surface area contributed by atoms with Crippen molar-refractivity contribution in [1.29, 1.82) is 0 Å². The van der Waals surface area contributed by atoms with Gasteiger partial charge in [0.2, 0.25) is 0 Å². The Morgan fingerprint density at radius 3 is 2.60 bits per heavy atom. The molecule has 0 amide bonds. The quantitative estimate of drug-likeness (QED) is 0.361. The maximum absolute atomic E-state index is 12.5. The molecule has 0 bridgehead atoms. The van der Waals surface area contributed by atoms with Gasteiger partial charge in [-0.3, -0.25) is 10.1 Å². The number of halogens is 4. The van der Waals surface area contributed by atoms with E-state index in [0.717, 1.165) is 6.07 Å². The first kappa shape index (κ1) is 12.1. The van der Waals surface area contributed by atoms with Crippen LogP contribution >= 0.6 is 23.2 Å². The molecule has 1 rings (SSSR count). The standard InChI is InChI=1S/C7H4Cl2F2N2O2/c8-2-4-6(13(14)15)3(7(10)11)1-5(9)12-4/h1,7H,2H2. The maximum atomic E-state index is 12.5. The van der Waals surface area contributed by atoms with Gasteiger partial charge in [0.15, 0.2) is 0 Å². The predicted octanol–water partition coefficient (Wildman–Crippen LogP) is 3.32. The summed E-state index contributed by atoms with van der Waals surface area (Å²) in [7, 11) is 0. The van der Waals surface area contributed by atoms with Crippen LogP contribution in [0.15, 0.2) is 6.07 Å². The van der Waals surface area contributed by atoms with E-state index < -0.39 is 22.6 Å². The number of alkyl halides is 3. The topological polar surface area (TPSA) is 56.0 Å². The Hall–Kier alpha value is -1.01. The fourth-order valence-corrected chi connectivity index (χ4v) is 1.45. The van der Waals surface area contributed by atoms with Gasteiger partial charge in [0.25, 0.3) is 6.43 Å². The van der Waals surface area contributed by atoms with Crippen molar-refractivity contribution in [2.24, 2.45) is 0 Å². The molecular formula is C7H4Cl2F2N2O2. The van der Waals surface area contributed by atoms with Crippen molar-refractivity contribution >= 4 is 28.9 Å². The molecule has 1 aromatic heterocycles. The number of pyridine rings is 1. The number of hydrogen-bond donors (Lipinski definition) is 0. The third kappa shape index (κ3) is 2.51. The van der Waals surface area contributed by atoms with Crippen LogP contribution in [0.25, 0.3) is 0 Å². The van der Waals surface area contributed by atoms with Crippen LogP contribution in [-0.2, 0) is 5.88 Å². The van der Waals surface area contributed by atoms with Gasteiger partial charge < -0.3 is 0 Å². The molecule has 0 radical (unpaired) electrons. The van der Waals surface area contributed by atoms with Gasteiger partial charge in [-0.1, -0.05) is 11.6 Å². The van der Waals surface area contributed by atoms with Crippen LogP contribution in [0.5, 0.6) is 0 Å². The highest BCUT2D eigenvalue weighted by Gasteiger charge is 2.27. The molecule has 0 aliphatic heterocycles.